The molecule has 1 aromatic rings. The van der Waals surface area contributed by atoms with E-state index in [1.54, 1.807) is 13.8 Å². The number of H-pyrrole nitrogens is 1. The maximum absolute atomic E-state index is 14.9. The fourth-order valence-electron chi connectivity index (χ4n) is 2.10. The summed E-state index contributed by atoms with van der Waals surface area (Å²) in [5.41, 5.74) is 3.61. The fourth-order valence-corrected chi connectivity index (χ4v) is 2.10. The third-order valence-electron chi connectivity index (χ3n) is 3.73. The van der Waals surface area contributed by atoms with Gasteiger partial charge in [-0.25, -0.2) is 9.18 Å². The summed E-state index contributed by atoms with van der Waals surface area (Å²) in [7, 11) is 0. The lowest BCUT2D eigenvalue weighted by molar-refractivity contribution is -0.217. The summed E-state index contributed by atoms with van der Waals surface area (Å²) in [6.07, 6.45) is -6.55. The zero-order valence-corrected chi connectivity index (χ0v) is 13.5. The van der Waals surface area contributed by atoms with Gasteiger partial charge in [-0.1, -0.05) is 13.8 Å². The summed E-state index contributed by atoms with van der Waals surface area (Å²) in [6, 6.07) is -0.204. The molecule has 140 valence electrons. The summed E-state index contributed by atoms with van der Waals surface area (Å²) in [4.78, 5) is 36.5. The second kappa shape index (κ2) is 7.04. The van der Waals surface area contributed by atoms with Crippen LogP contribution in [0.4, 0.5) is 4.39 Å². The molecule has 25 heavy (non-hydrogen) atoms. The van der Waals surface area contributed by atoms with E-state index in [1.807, 2.05) is 4.98 Å². The fraction of sp³-hybridized carbons (Fsp3) is 0.643. The van der Waals surface area contributed by atoms with Crippen molar-refractivity contribution in [2.75, 3.05) is 6.61 Å². The quantitative estimate of drug-likeness (QED) is 0.437. The number of alkyl halides is 1. The van der Waals surface area contributed by atoms with E-state index < -0.39 is 54.1 Å². The predicted octanol–water partition coefficient (Wildman–Crippen LogP) is -2.02. The van der Waals surface area contributed by atoms with Crippen molar-refractivity contribution in [3.8, 4) is 0 Å². The molecule has 0 spiro atoms. The number of aliphatic hydroxyl groups is 2. The van der Waals surface area contributed by atoms with E-state index in [2.05, 4.69) is 4.74 Å². The topological polar surface area (TPSA) is 157 Å². The van der Waals surface area contributed by atoms with Crippen LogP contribution >= 0.6 is 0 Å². The summed E-state index contributed by atoms with van der Waals surface area (Å²) >= 11 is 0. The lowest BCUT2D eigenvalue weighted by Gasteiger charge is -2.24. The number of rotatable bonds is 5. The highest BCUT2D eigenvalue weighted by Crippen LogP contribution is 2.37. The number of nitrogens with two attached hydrogens (primary N) is 1. The third kappa shape index (κ3) is 3.79. The van der Waals surface area contributed by atoms with Crippen molar-refractivity contribution in [3.63, 3.8) is 0 Å². The lowest BCUT2D eigenvalue weighted by Crippen LogP contribution is -2.46. The van der Waals surface area contributed by atoms with Gasteiger partial charge in [-0.05, 0) is 5.92 Å². The van der Waals surface area contributed by atoms with Crippen LogP contribution in [0.1, 0.15) is 21.4 Å². The Hall–Kier alpha value is -2.08. The maximum atomic E-state index is 14.9. The lowest BCUT2D eigenvalue weighted by atomic mass is 10.1. The summed E-state index contributed by atoms with van der Waals surface area (Å²) in [5, 5.41) is 20.0. The molecule has 1 saturated heterocycles. The van der Waals surface area contributed by atoms with Crippen molar-refractivity contribution in [3.05, 3.63) is 33.1 Å². The van der Waals surface area contributed by atoms with Crippen LogP contribution in [0.3, 0.4) is 0 Å². The number of halogens is 1. The SMILES string of the molecule is [2H][C@@]1(n2ccc(=O)[nH]c2=O)O[C@](F)(COC(=O)[C@@H](N)C(C)C)[C@@H](O)[C@H]1O. The maximum Gasteiger partial charge on any atom is 0.330 e. The van der Waals surface area contributed by atoms with Gasteiger partial charge in [-0.2, -0.15) is 0 Å². The molecule has 0 unspecified atom stereocenters. The van der Waals surface area contributed by atoms with Crippen LogP contribution in [0.25, 0.3) is 0 Å². The van der Waals surface area contributed by atoms with Gasteiger partial charge < -0.3 is 25.4 Å². The molecule has 5 atom stereocenters. The number of nitrogens with zero attached hydrogens (tertiary/aromatic N) is 1. The Morgan fingerprint density at radius 3 is 2.80 bits per heavy atom. The molecule has 5 N–H and O–H groups in total. The minimum atomic E-state index is -3.18. The van der Waals surface area contributed by atoms with Crippen molar-refractivity contribution in [1.29, 1.82) is 0 Å². The van der Waals surface area contributed by atoms with E-state index in [0.717, 1.165) is 12.3 Å². The summed E-state index contributed by atoms with van der Waals surface area (Å²) in [5.74, 6) is -4.44. The number of carbonyl (C=O) groups excluding carboxylic acids is 1. The highest BCUT2D eigenvalue weighted by molar-refractivity contribution is 5.75. The van der Waals surface area contributed by atoms with Crippen molar-refractivity contribution in [2.24, 2.45) is 11.7 Å². The molecule has 1 fully saturated rings. The van der Waals surface area contributed by atoms with Crippen molar-refractivity contribution in [1.82, 2.24) is 9.55 Å². The van der Waals surface area contributed by atoms with Gasteiger partial charge in [0.05, 0.1) is 1.37 Å². The van der Waals surface area contributed by atoms with Gasteiger partial charge in [0.1, 0.15) is 18.2 Å². The Morgan fingerprint density at radius 2 is 2.24 bits per heavy atom. The van der Waals surface area contributed by atoms with Crippen LogP contribution in [0.15, 0.2) is 21.9 Å². The Labute approximate surface area is 142 Å². The molecule has 1 aliphatic heterocycles. The van der Waals surface area contributed by atoms with E-state index in [1.165, 1.54) is 0 Å². The molecule has 1 aliphatic rings. The number of nitrogens with one attached hydrogen (secondary N) is 1. The number of aromatic amines is 1. The highest BCUT2D eigenvalue weighted by atomic mass is 19.2. The average Bonchev–Trinajstić information content (AvgIpc) is 2.73. The van der Waals surface area contributed by atoms with E-state index in [4.69, 9.17) is 11.8 Å². The number of aromatic nitrogens is 2. The molecule has 11 heteroatoms. The molecule has 0 saturated carbocycles. The Bertz CT molecular complexity index is 799. The van der Waals surface area contributed by atoms with Crippen LogP contribution < -0.4 is 17.0 Å². The number of hydrogen-bond acceptors (Lipinski definition) is 8. The minimum absolute atomic E-state index is 0.298. The van der Waals surface area contributed by atoms with Gasteiger partial charge in [0, 0.05) is 12.3 Å². The molecular formula is C14H20FN3O7. The molecule has 0 radical (unpaired) electrons. The first-order chi connectivity index (χ1) is 11.9. The van der Waals surface area contributed by atoms with E-state index in [-0.39, 0.29) is 5.92 Å². The summed E-state index contributed by atoms with van der Waals surface area (Å²) in [6.45, 7) is 2.11. The smallest absolute Gasteiger partial charge is 0.330 e. The number of hydrogen-bond donors (Lipinski definition) is 4. The molecule has 2 rings (SSSR count). The van der Waals surface area contributed by atoms with E-state index in [9.17, 15) is 29.0 Å². The molecule has 2 heterocycles. The molecule has 0 amide bonds. The van der Waals surface area contributed by atoms with Crippen LogP contribution in [0, 0.1) is 5.92 Å². The van der Waals surface area contributed by atoms with Gasteiger partial charge >= 0.3 is 11.7 Å². The second-order valence-electron chi connectivity index (χ2n) is 5.97. The van der Waals surface area contributed by atoms with Gasteiger partial charge in [0.25, 0.3) is 11.4 Å². The normalized spacial score (nSPS) is 34.0. The largest absolute Gasteiger partial charge is 0.458 e. The van der Waals surface area contributed by atoms with E-state index in [0.29, 0.717) is 4.57 Å². The zero-order chi connectivity index (χ0) is 19.9. The molecule has 1 aromatic heterocycles. The molecule has 0 aliphatic carbocycles. The average molecular weight is 362 g/mol. The third-order valence-corrected chi connectivity index (χ3v) is 3.73. The van der Waals surface area contributed by atoms with Crippen molar-refractivity contribution >= 4 is 5.97 Å². The molecule has 10 nitrogen and oxygen atoms in total. The highest BCUT2D eigenvalue weighted by Gasteiger charge is 2.57. The Balaban J connectivity index is 2.26. The monoisotopic (exact) mass is 362 g/mol. The number of ether oxygens (including phenoxy) is 2. The van der Waals surface area contributed by atoms with Gasteiger partial charge in [0.15, 0.2) is 12.8 Å². The zero-order valence-electron chi connectivity index (χ0n) is 14.5. The van der Waals surface area contributed by atoms with Gasteiger partial charge in [-0.3, -0.25) is 19.1 Å². The molecule has 0 bridgehead atoms. The standard InChI is InChI=1S/C14H20FN3O7/c1-6(2)8(16)12(22)24-5-14(15)10(21)9(20)11(25-14)18-4-3-7(19)17-13(18)23/h3-4,6,8-11,20-21H,5,16H2,1-2H3,(H,17,19,23)/t8-,9+,10-,11+,14+/m0/s1/i11D. The number of aliphatic hydroxyl groups excluding tert-OH is 2. The Morgan fingerprint density at radius 1 is 1.60 bits per heavy atom. The molecule has 0 aromatic carbocycles. The van der Waals surface area contributed by atoms with Gasteiger partial charge in [-0.15, -0.1) is 0 Å². The van der Waals surface area contributed by atoms with Gasteiger partial charge in [0.2, 0.25) is 0 Å². The first-order valence-corrected chi connectivity index (χ1v) is 7.42. The number of esters is 1. The second-order valence-corrected chi connectivity index (χ2v) is 5.97. The first kappa shape index (κ1) is 17.7. The predicted molar refractivity (Wildman–Crippen MR) is 81.1 cm³/mol. The number of carbonyl (C=O) groups is 1. The van der Waals surface area contributed by atoms with Crippen LogP contribution in [0.2, 0.25) is 0 Å². The summed E-state index contributed by atoms with van der Waals surface area (Å²) < 4.78 is 32.8. The van der Waals surface area contributed by atoms with Crippen LogP contribution in [-0.2, 0) is 14.3 Å². The Kier molecular flexibility index (Phi) is 4.99. The van der Waals surface area contributed by atoms with Crippen molar-refractivity contribution < 1.29 is 30.2 Å². The minimum Gasteiger partial charge on any atom is -0.458 e. The van der Waals surface area contributed by atoms with Crippen LogP contribution in [-0.4, -0.2) is 56.4 Å². The van der Waals surface area contributed by atoms with Crippen molar-refractivity contribution in [2.45, 2.75) is 44.2 Å². The van der Waals surface area contributed by atoms with Crippen LogP contribution in [0.5, 0.6) is 0 Å². The van der Waals surface area contributed by atoms with E-state index >= 15 is 0 Å². The first-order valence-electron chi connectivity index (χ1n) is 7.92. The molecular weight excluding hydrogens is 341 g/mol.